The lowest BCUT2D eigenvalue weighted by Gasteiger charge is -2.27. The fraction of sp³-hybridized carbons (Fsp3) is 0.318. The number of likely N-dealkylation sites (tertiary alicyclic amines) is 1. The maximum absolute atomic E-state index is 13.0. The third kappa shape index (κ3) is 3.30. The summed E-state index contributed by atoms with van der Waals surface area (Å²) in [5, 5.41) is 2.88. The highest BCUT2D eigenvalue weighted by molar-refractivity contribution is 6.30. The van der Waals surface area contributed by atoms with Gasteiger partial charge in [0.1, 0.15) is 0 Å². The van der Waals surface area contributed by atoms with E-state index >= 15 is 0 Å². The van der Waals surface area contributed by atoms with Crippen molar-refractivity contribution in [3.05, 3.63) is 64.7 Å². The van der Waals surface area contributed by atoms with E-state index in [1.54, 1.807) is 42.5 Å². The first-order valence-corrected chi connectivity index (χ1v) is 9.49. The second kappa shape index (κ2) is 7.08. The number of carbonyl (C=O) groups is 3. The van der Waals surface area contributed by atoms with Gasteiger partial charge >= 0.3 is 0 Å². The van der Waals surface area contributed by atoms with Gasteiger partial charge in [-0.1, -0.05) is 43.3 Å². The SMILES string of the molecule is C[C@@H]1CCC[NH+](CC(=O)Nc2cccc3c2C(=O)c2ccccc2C3=O)C1. The molecule has 0 spiro atoms. The lowest BCUT2D eigenvalue weighted by Crippen LogP contribution is -3.14. The Morgan fingerprint density at radius 1 is 1.04 bits per heavy atom. The molecule has 4 rings (SSSR count). The Bertz CT molecular complexity index is 935. The Morgan fingerprint density at radius 3 is 2.48 bits per heavy atom. The molecule has 1 unspecified atom stereocenters. The van der Waals surface area contributed by atoms with Crippen molar-refractivity contribution >= 4 is 23.2 Å². The average molecular weight is 363 g/mol. The number of ketones is 2. The molecule has 1 aliphatic heterocycles. The van der Waals surface area contributed by atoms with E-state index in [1.807, 2.05) is 0 Å². The van der Waals surface area contributed by atoms with Gasteiger partial charge in [0, 0.05) is 22.6 Å². The van der Waals surface area contributed by atoms with Crippen LogP contribution in [0.3, 0.4) is 0 Å². The Hall–Kier alpha value is -2.79. The highest BCUT2D eigenvalue weighted by atomic mass is 16.2. The number of quaternary nitrogens is 1. The smallest absolute Gasteiger partial charge is 0.279 e. The summed E-state index contributed by atoms with van der Waals surface area (Å²) in [4.78, 5) is 39.6. The number of carbonyl (C=O) groups excluding carboxylic acids is 3. The quantitative estimate of drug-likeness (QED) is 0.745. The summed E-state index contributed by atoms with van der Waals surface area (Å²) in [6.07, 6.45) is 2.35. The second-order valence-electron chi connectivity index (χ2n) is 7.61. The van der Waals surface area contributed by atoms with Gasteiger partial charge in [-0.15, -0.1) is 0 Å². The number of hydrogen-bond acceptors (Lipinski definition) is 3. The summed E-state index contributed by atoms with van der Waals surface area (Å²) in [6, 6.07) is 11.9. The lowest BCUT2D eigenvalue weighted by molar-refractivity contribution is -0.900. The predicted molar refractivity (Wildman–Crippen MR) is 102 cm³/mol. The molecule has 5 heteroatoms. The van der Waals surface area contributed by atoms with Crippen LogP contribution in [-0.4, -0.2) is 37.1 Å². The van der Waals surface area contributed by atoms with E-state index in [0.717, 1.165) is 19.5 Å². The molecular formula is C22H23N2O3+. The molecule has 138 valence electrons. The van der Waals surface area contributed by atoms with Crippen LogP contribution in [-0.2, 0) is 4.79 Å². The molecule has 27 heavy (non-hydrogen) atoms. The monoisotopic (exact) mass is 363 g/mol. The lowest BCUT2D eigenvalue weighted by atomic mass is 9.83. The number of fused-ring (bicyclic) bond motifs is 2. The van der Waals surface area contributed by atoms with Crippen LogP contribution < -0.4 is 10.2 Å². The maximum atomic E-state index is 13.0. The van der Waals surface area contributed by atoms with Crippen LogP contribution in [0, 0.1) is 5.92 Å². The molecule has 1 aliphatic carbocycles. The van der Waals surface area contributed by atoms with Crippen molar-refractivity contribution in [2.75, 3.05) is 25.0 Å². The molecule has 0 radical (unpaired) electrons. The fourth-order valence-corrected chi connectivity index (χ4v) is 4.23. The Balaban J connectivity index is 1.59. The zero-order valence-corrected chi connectivity index (χ0v) is 15.4. The third-order valence-electron chi connectivity index (χ3n) is 5.50. The number of nitrogens with one attached hydrogen (secondary N) is 2. The fourth-order valence-electron chi connectivity index (χ4n) is 4.23. The average Bonchev–Trinajstić information content (AvgIpc) is 2.66. The summed E-state index contributed by atoms with van der Waals surface area (Å²) in [6.45, 7) is 4.58. The first kappa shape index (κ1) is 17.6. The minimum atomic E-state index is -0.213. The predicted octanol–water partition coefficient (Wildman–Crippen LogP) is 1.72. The summed E-state index contributed by atoms with van der Waals surface area (Å²) < 4.78 is 0. The Kier molecular flexibility index (Phi) is 4.62. The van der Waals surface area contributed by atoms with E-state index in [9.17, 15) is 14.4 Å². The molecule has 1 saturated heterocycles. The molecule has 1 fully saturated rings. The second-order valence-corrected chi connectivity index (χ2v) is 7.61. The zero-order chi connectivity index (χ0) is 19.0. The van der Waals surface area contributed by atoms with E-state index in [-0.39, 0.29) is 17.5 Å². The molecule has 2 aromatic rings. The number of hydrogen-bond donors (Lipinski definition) is 2. The molecule has 2 N–H and O–H groups in total. The first-order valence-electron chi connectivity index (χ1n) is 9.49. The summed E-state index contributed by atoms with van der Waals surface area (Å²) >= 11 is 0. The highest BCUT2D eigenvalue weighted by Crippen LogP contribution is 2.31. The molecule has 0 aromatic heterocycles. The highest BCUT2D eigenvalue weighted by Gasteiger charge is 2.32. The van der Waals surface area contributed by atoms with Gasteiger partial charge < -0.3 is 10.2 Å². The minimum absolute atomic E-state index is 0.119. The number of benzene rings is 2. The van der Waals surface area contributed by atoms with E-state index in [2.05, 4.69) is 12.2 Å². The number of anilines is 1. The van der Waals surface area contributed by atoms with E-state index in [0.29, 0.717) is 40.4 Å². The van der Waals surface area contributed by atoms with Gasteiger partial charge in [0.25, 0.3) is 5.91 Å². The van der Waals surface area contributed by atoms with Crippen LogP contribution >= 0.6 is 0 Å². The van der Waals surface area contributed by atoms with Crippen molar-refractivity contribution in [2.24, 2.45) is 5.92 Å². The van der Waals surface area contributed by atoms with Crippen molar-refractivity contribution in [2.45, 2.75) is 19.8 Å². The summed E-state index contributed by atoms with van der Waals surface area (Å²) in [5.74, 6) is 0.121. The van der Waals surface area contributed by atoms with Gasteiger partial charge in [-0.05, 0) is 18.9 Å². The van der Waals surface area contributed by atoms with Gasteiger partial charge in [0.15, 0.2) is 18.1 Å². The van der Waals surface area contributed by atoms with Crippen molar-refractivity contribution < 1.29 is 19.3 Å². The molecule has 0 bridgehead atoms. The maximum Gasteiger partial charge on any atom is 0.279 e. The van der Waals surface area contributed by atoms with Gasteiger partial charge in [0.05, 0.1) is 24.3 Å². The topological polar surface area (TPSA) is 67.7 Å². The Morgan fingerprint density at radius 2 is 1.74 bits per heavy atom. The largest absolute Gasteiger partial charge is 0.327 e. The van der Waals surface area contributed by atoms with Gasteiger partial charge in [-0.25, -0.2) is 0 Å². The van der Waals surface area contributed by atoms with Crippen LogP contribution in [0.2, 0.25) is 0 Å². The van der Waals surface area contributed by atoms with Crippen LogP contribution in [0.25, 0.3) is 0 Å². The number of rotatable bonds is 3. The van der Waals surface area contributed by atoms with E-state index in [4.69, 9.17) is 0 Å². The molecule has 2 aliphatic rings. The van der Waals surface area contributed by atoms with E-state index < -0.39 is 0 Å². The first-order chi connectivity index (χ1) is 13.0. The van der Waals surface area contributed by atoms with Crippen molar-refractivity contribution in [3.63, 3.8) is 0 Å². The van der Waals surface area contributed by atoms with Crippen molar-refractivity contribution in [1.82, 2.24) is 0 Å². The van der Waals surface area contributed by atoms with Gasteiger partial charge in [-0.3, -0.25) is 14.4 Å². The van der Waals surface area contributed by atoms with Crippen LogP contribution in [0.15, 0.2) is 42.5 Å². The van der Waals surface area contributed by atoms with Gasteiger partial charge in [-0.2, -0.15) is 0 Å². The third-order valence-corrected chi connectivity index (χ3v) is 5.50. The van der Waals surface area contributed by atoms with Crippen LogP contribution in [0.5, 0.6) is 0 Å². The molecule has 2 atom stereocenters. The minimum Gasteiger partial charge on any atom is -0.327 e. The standard InChI is InChI=1S/C22H22N2O3/c1-14-6-5-11-24(12-14)13-19(25)23-18-10-4-9-17-20(18)22(27)16-8-3-2-7-15(16)21(17)26/h2-4,7-10,14H,5-6,11-13H2,1H3,(H,23,25)/p+1/t14-/m1/s1. The number of amides is 1. The molecule has 1 amide bonds. The van der Waals surface area contributed by atoms with Crippen LogP contribution in [0.1, 0.15) is 51.6 Å². The molecular weight excluding hydrogens is 340 g/mol. The van der Waals surface area contributed by atoms with Crippen molar-refractivity contribution in [1.29, 1.82) is 0 Å². The summed E-state index contributed by atoms with van der Waals surface area (Å²) in [7, 11) is 0. The zero-order valence-electron chi connectivity index (χ0n) is 15.4. The van der Waals surface area contributed by atoms with Gasteiger partial charge in [0.2, 0.25) is 0 Å². The van der Waals surface area contributed by atoms with E-state index in [1.165, 1.54) is 11.3 Å². The molecule has 2 aromatic carbocycles. The summed E-state index contributed by atoms with van der Waals surface area (Å²) in [5.41, 5.74) is 1.90. The molecule has 0 saturated carbocycles. The molecule has 1 heterocycles. The van der Waals surface area contributed by atoms with Crippen LogP contribution in [0.4, 0.5) is 5.69 Å². The van der Waals surface area contributed by atoms with Crippen molar-refractivity contribution in [3.8, 4) is 0 Å². The Labute approximate surface area is 158 Å². The number of piperidine rings is 1. The normalized spacial score (nSPS) is 21.4. The molecule has 5 nitrogen and oxygen atoms in total.